The lowest BCUT2D eigenvalue weighted by molar-refractivity contribution is 0.389. The van der Waals surface area contributed by atoms with E-state index in [2.05, 4.69) is 10.2 Å². The molecule has 0 saturated carbocycles. The summed E-state index contributed by atoms with van der Waals surface area (Å²) in [5.41, 5.74) is 5.88. The van der Waals surface area contributed by atoms with Crippen LogP contribution in [0.5, 0.6) is 0 Å². The average molecular weight is 207 g/mol. The zero-order valence-corrected chi connectivity index (χ0v) is 8.68. The highest BCUT2D eigenvalue weighted by atomic mass is 16.4. The second-order valence-corrected chi connectivity index (χ2v) is 3.69. The monoisotopic (exact) mass is 207 g/mol. The van der Waals surface area contributed by atoms with Crippen LogP contribution in [-0.2, 0) is 0 Å². The van der Waals surface area contributed by atoms with Crippen molar-refractivity contribution in [2.75, 3.05) is 0 Å². The number of hydrogen-bond acceptors (Lipinski definition) is 5. The van der Waals surface area contributed by atoms with Crippen LogP contribution in [0.15, 0.2) is 27.2 Å². The fourth-order valence-electron chi connectivity index (χ4n) is 1.15. The van der Waals surface area contributed by atoms with Gasteiger partial charge < -0.3 is 14.6 Å². The van der Waals surface area contributed by atoms with Crippen LogP contribution < -0.4 is 5.73 Å². The van der Waals surface area contributed by atoms with Crippen LogP contribution in [0.3, 0.4) is 0 Å². The number of aromatic nitrogens is 2. The molecule has 2 aromatic rings. The summed E-state index contributed by atoms with van der Waals surface area (Å²) in [7, 11) is 0. The van der Waals surface area contributed by atoms with Gasteiger partial charge in [0.25, 0.3) is 5.89 Å². The number of nitrogens with zero attached hydrogens (tertiary/aromatic N) is 2. The van der Waals surface area contributed by atoms with E-state index in [9.17, 15) is 0 Å². The quantitative estimate of drug-likeness (QED) is 0.832. The molecule has 0 fully saturated rings. The van der Waals surface area contributed by atoms with Crippen molar-refractivity contribution in [3.8, 4) is 11.7 Å². The SMILES string of the molecule is CC(C)C(N)c1nnc(-c2ccco2)o1. The number of furan rings is 1. The van der Waals surface area contributed by atoms with E-state index in [1.54, 1.807) is 18.4 Å². The van der Waals surface area contributed by atoms with Crippen molar-refractivity contribution < 1.29 is 8.83 Å². The van der Waals surface area contributed by atoms with Crippen LogP contribution in [0.25, 0.3) is 11.7 Å². The van der Waals surface area contributed by atoms with Gasteiger partial charge >= 0.3 is 0 Å². The molecule has 80 valence electrons. The van der Waals surface area contributed by atoms with Crippen LogP contribution >= 0.6 is 0 Å². The van der Waals surface area contributed by atoms with Gasteiger partial charge in [0.05, 0.1) is 12.3 Å². The van der Waals surface area contributed by atoms with Gasteiger partial charge in [-0.3, -0.25) is 0 Å². The first-order chi connectivity index (χ1) is 7.18. The molecule has 1 unspecified atom stereocenters. The first kappa shape index (κ1) is 9.92. The number of rotatable bonds is 3. The van der Waals surface area contributed by atoms with Crippen molar-refractivity contribution >= 4 is 0 Å². The Kier molecular flexibility index (Phi) is 2.55. The molecule has 5 heteroatoms. The topological polar surface area (TPSA) is 78.1 Å². The first-order valence-corrected chi connectivity index (χ1v) is 4.81. The smallest absolute Gasteiger partial charge is 0.283 e. The van der Waals surface area contributed by atoms with Gasteiger partial charge in [-0.1, -0.05) is 13.8 Å². The summed E-state index contributed by atoms with van der Waals surface area (Å²) in [5, 5.41) is 7.76. The van der Waals surface area contributed by atoms with E-state index in [-0.39, 0.29) is 12.0 Å². The van der Waals surface area contributed by atoms with Crippen molar-refractivity contribution in [2.45, 2.75) is 19.9 Å². The third-order valence-corrected chi connectivity index (χ3v) is 2.18. The van der Waals surface area contributed by atoms with Crippen LogP contribution in [0.2, 0.25) is 0 Å². The van der Waals surface area contributed by atoms with Crippen LogP contribution in [0.4, 0.5) is 0 Å². The first-order valence-electron chi connectivity index (χ1n) is 4.81. The lowest BCUT2D eigenvalue weighted by atomic mass is 10.1. The summed E-state index contributed by atoms with van der Waals surface area (Å²) in [5.74, 6) is 1.63. The molecule has 2 rings (SSSR count). The van der Waals surface area contributed by atoms with E-state index < -0.39 is 0 Å². The van der Waals surface area contributed by atoms with E-state index in [0.29, 0.717) is 17.5 Å². The second kappa shape index (κ2) is 3.86. The molecule has 5 nitrogen and oxygen atoms in total. The minimum Gasteiger partial charge on any atom is -0.459 e. The molecule has 0 aliphatic heterocycles. The Bertz CT molecular complexity index is 420. The third kappa shape index (κ3) is 1.92. The predicted octanol–water partition coefficient (Wildman–Crippen LogP) is 1.99. The molecule has 0 radical (unpaired) electrons. The van der Waals surface area contributed by atoms with Gasteiger partial charge in [-0.25, -0.2) is 0 Å². The molecule has 0 bridgehead atoms. The molecular weight excluding hydrogens is 194 g/mol. The molecule has 2 aromatic heterocycles. The van der Waals surface area contributed by atoms with Crippen molar-refractivity contribution in [2.24, 2.45) is 11.7 Å². The summed E-state index contributed by atoms with van der Waals surface area (Å²) >= 11 is 0. The highest BCUT2D eigenvalue weighted by Gasteiger charge is 2.19. The molecule has 0 saturated heterocycles. The predicted molar refractivity (Wildman–Crippen MR) is 53.8 cm³/mol. The van der Waals surface area contributed by atoms with Gasteiger partial charge in [-0.05, 0) is 18.1 Å². The zero-order valence-electron chi connectivity index (χ0n) is 8.68. The lowest BCUT2D eigenvalue weighted by Gasteiger charge is -2.09. The molecule has 1 atom stereocenters. The molecule has 0 amide bonds. The van der Waals surface area contributed by atoms with E-state index in [1.807, 2.05) is 13.8 Å². The lowest BCUT2D eigenvalue weighted by Crippen LogP contribution is -2.16. The Labute approximate surface area is 87.3 Å². The van der Waals surface area contributed by atoms with Crippen LogP contribution in [-0.4, -0.2) is 10.2 Å². The van der Waals surface area contributed by atoms with Crippen molar-refractivity contribution in [1.82, 2.24) is 10.2 Å². The molecule has 0 aromatic carbocycles. The van der Waals surface area contributed by atoms with Crippen LogP contribution in [0, 0.1) is 5.92 Å². The minimum atomic E-state index is -0.235. The molecule has 2 heterocycles. The fraction of sp³-hybridized carbons (Fsp3) is 0.400. The third-order valence-electron chi connectivity index (χ3n) is 2.18. The van der Waals surface area contributed by atoms with Gasteiger partial charge in [0.2, 0.25) is 5.89 Å². The highest BCUT2D eigenvalue weighted by Crippen LogP contribution is 2.22. The Morgan fingerprint density at radius 3 is 2.73 bits per heavy atom. The van der Waals surface area contributed by atoms with Gasteiger partial charge in [0.15, 0.2) is 5.76 Å². The summed E-state index contributed by atoms with van der Waals surface area (Å²) in [6, 6.07) is 3.29. The molecule has 0 aliphatic carbocycles. The molecule has 2 N–H and O–H groups in total. The minimum absolute atomic E-state index is 0.235. The van der Waals surface area contributed by atoms with Gasteiger partial charge in [0.1, 0.15) is 0 Å². The van der Waals surface area contributed by atoms with Crippen molar-refractivity contribution in [1.29, 1.82) is 0 Å². The van der Waals surface area contributed by atoms with E-state index in [1.165, 1.54) is 0 Å². The molecular formula is C10H13N3O2. The number of nitrogens with two attached hydrogens (primary N) is 1. The maximum atomic E-state index is 5.88. The van der Waals surface area contributed by atoms with Crippen molar-refractivity contribution in [3.63, 3.8) is 0 Å². The maximum Gasteiger partial charge on any atom is 0.283 e. The van der Waals surface area contributed by atoms with Crippen LogP contribution in [0.1, 0.15) is 25.8 Å². The summed E-state index contributed by atoms with van der Waals surface area (Å²) in [4.78, 5) is 0. The van der Waals surface area contributed by atoms with Gasteiger partial charge in [-0.15, -0.1) is 10.2 Å². The number of hydrogen-bond donors (Lipinski definition) is 1. The Hall–Kier alpha value is -1.62. The average Bonchev–Trinajstić information content (AvgIpc) is 2.86. The highest BCUT2D eigenvalue weighted by molar-refractivity contribution is 5.42. The van der Waals surface area contributed by atoms with E-state index >= 15 is 0 Å². The molecule has 15 heavy (non-hydrogen) atoms. The standard InChI is InChI=1S/C10H13N3O2/c1-6(2)8(11)10-13-12-9(15-10)7-4-3-5-14-7/h3-6,8H,11H2,1-2H3. The normalized spacial score (nSPS) is 13.3. The second-order valence-electron chi connectivity index (χ2n) is 3.69. The summed E-state index contributed by atoms with van der Waals surface area (Å²) < 4.78 is 10.5. The summed E-state index contributed by atoms with van der Waals surface area (Å²) in [6.07, 6.45) is 1.56. The maximum absolute atomic E-state index is 5.88. The zero-order chi connectivity index (χ0) is 10.8. The van der Waals surface area contributed by atoms with Gasteiger partial charge in [-0.2, -0.15) is 0 Å². The van der Waals surface area contributed by atoms with E-state index in [0.717, 1.165) is 0 Å². The van der Waals surface area contributed by atoms with Crippen molar-refractivity contribution in [3.05, 3.63) is 24.3 Å². The summed E-state index contributed by atoms with van der Waals surface area (Å²) in [6.45, 7) is 4.00. The Morgan fingerprint density at radius 1 is 1.33 bits per heavy atom. The molecule has 0 aliphatic rings. The Morgan fingerprint density at radius 2 is 2.13 bits per heavy atom. The largest absolute Gasteiger partial charge is 0.459 e. The Balaban J connectivity index is 2.25. The van der Waals surface area contributed by atoms with E-state index in [4.69, 9.17) is 14.6 Å². The van der Waals surface area contributed by atoms with Gasteiger partial charge in [0, 0.05) is 0 Å². The molecule has 0 spiro atoms. The fourth-order valence-corrected chi connectivity index (χ4v) is 1.15.